The highest BCUT2D eigenvalue weighted by molar-refractivity contribution is 5.72. The second kappa shape index (κ2) is 5.90. The summed E-state index contributed by atoms with van der Waals surface area (Å²) in [6, 6.07) is 0. The summed E-state index contributed by atoms with van der Waals surface area (Å²) in [5.41, 5.74) is 3.51. The van der Waals surface area contributed by atoms with Gasteiger partial charge in [-0.05, 0) is 0 Å². The number of aromatic nitrogens is 4. The molecule has 2 aromatic heterocycles. The fourth-order valence-corrected chi connectivity index (χ4v) is 2.81. The van der Waals surface area contributed by atoms with Crippen LogP contribution in [0, 0.1) is 12.3 Å². The van der Waals surface area contributed by atoms with Crippen molar-refractivity contribution in [2.75, 3.05) is 18.2 Å². The highest BCUT2D eigenvalue weighted by Gasteiger charge is 2.45. The minimum Gasteiger partial charge on any atom is -0.394 e. The molecule has 3 rings (SSSR count). The van der Waals surface area contributed by atoms with E-state index in [4.69, 9.17) is 22.7 Å². The zero-order valence-electron chi connectivity index (χ0n) is 12.8. The lowest BCUT2D eigenvalue weighted by atomic mass is 10.1. The van der Waals surface area contributed by atoms with Crippen molar-refractivity contribution < 1.29 is 20.1 Å². The van der Waals surface area contributed by atoms with E-state index in [0.717, 1.165) is 9.13 Å². The van der Waals surface area contributed by atoms with Crippen molar-refractivity contribution in [3.63, 3.8) is 0 Å². The molecule has 0 spiro atoms. The molecule has 0 radical (unpaired) electrons. The summed E-state index contributed by atoms with van der Waals surface area (Å²) in [6.45, 7) is -0.852. The molecule has 1 aliphatic rings. The van der Waals surface area contributed by atoms with Gasteiger partial charge in [0.1, 0.15) is 18.3 Å². The number of hydrogen-bond donors (Lipinski definition) is 5. The van der Waals surface area contributed by atoms with E-state index in [1.807, 2.05) is 0 Å². The second-order valence-corrected chi connectivity index (χ2v) is 5.49. The highest BCUT2D eigenvalue weighted by atomic mass is 16.6. The van der Waals surface area contributed by atoms with Crippen LogP contribution in [0.15, 0.2) is 9.59 Å². The van der Waals surface area contributed by atoms with Gasteiger partial charge in [0.15, 0.2) is 17.4 Å². The van der Waals surface area contributed by atoms with Crippen LogP contribution in [0.25, 0.3) is 11.2 Å². The van der Waals surface area contributed by atoms with E-state index in [9.17, 15) is 24.9 Å². The SMILES string of the molecule is C#CCn1c(=O)n([C@@H]2O[C@@H](CO)[C@H](O)[C@H]2O)c2nc(N)n(N)c(=O)c21. The third kappa shape index (κ3) is 2.29. The standard InChI is InChI=1S/C13H16N6O6/c1-2-3-17-6-9(16-12(14)19(15)10(6)23)18(13(17)24)11-8(22)7(21)5(4-20)25-11/h1,5,7-8,11,20-22H,3-4,15H2,(H2,14,16)/t5-,7-,8+,11+/m0/s1. The summed E-state index contributed by atoms with van der Waals surface area (Å²) < 4.78 is 7.68. The highest BCUT2D eigenvalue weighted by Crippen LogP contribution is 2.30. The Bertz CT molecular complexity index is 984. The van der Waals surface area contributed by atoms with E-state index >= 15 is 0 Å². The van der Waals surface area contributed by atoms with Crippen LogP contribution in [0.1, 0.15) is 6.23 Å². The van der Waals surface area contributed by atoms with Crippen LogP contribution in [-0.4, -0.2) is 59.0 Å². The molecule has 0 bridgehead atoms. The van der Waals surface area contributed by atoms with Crippen molar-refractivity contribution in [3.8, 4) is 12.3 Å². The molecule has 0 aromatic carbocycles. The lowest BCUT2D eigenvalue weighted by molar-refractivity contribution is -0.0527. The van der Waals surface area contributed by atoms with Gasteiger partial charge in [-0.1, -0.05) is 5.92 Å². The number of nitrogen functional groups attached to an aromatic ring is 2. The molecule has 1 aliphatic heterocycles. The molecule has 1 saturated heterocycles. The first-order chi connectivity index (χ1) is 11.8. The number of nitrogens with two attached hydrogens (primary N) is 2. The van der Waals surface area contributed by atoms with E-state index in [0.29, 0.717) is 4.68 Å². The number of terminal acetylenes is 1. The third-order valence-electron chi connectivity index (χ3n) is 4.06. The van der Waals surface area contributed by atoms with Crippen LogP contribution < -0.4 is 22.8 Å². The summed E-state index contributed by atoms with van der Waals surface area (Å²) in [4.78, 5) is 29.0. The normalized spacial score (nSPS) is 26.2. The molecule has 4 atom stereocenters. The van der Waals surface area contributed by atoms with Gasteiger partial charge in [-0.2, -0.15) is 9.66 Å². The molecular formula is C13H16N6O6. The van der Waals surface area contributed by atoms with E-state index in [2.05, 4.69) is 10.9 Å². The average molecular weight is 352 g/mol. The Hall–Kier alpha value is -2.85. The first-order valence-electron chi connectivity index (χ1n) is 7.17. The summed E-state index contributed by atoms with van der Waals surface area (Å²) in [5.74, 6) is 7.36. The molecule has 0 unspecified atom stereocenters. The number of imidazole rings is 1. The van der Waals surface area contributed by atoms with Crippen LogP contribution in [0.2, 0.25) is 0 Å². The first-order valence-corrected chi connectivity index (χ1v) is 7.17. The quantitative estimate of drug-likeness (QED) is 0.270. The Kier molecular flexibility index (Phi) is 4.01. The monoisotopic (exact) mass is 352 g/mol. The lowest BCUT2D eigenvalue weighted by Gasteiger charge is -2.15. The number of anilines is 1. The van der Waals surface area contributed by atoms with Gasteiger partial charge in [-0.3, -0.25) is 9.36 Å². The van der Waals surface area contributed by atoms with E-state index in [1.54, 1.807) is 0 Å². The topological polar surface area (TPSA) is 184 Å². The molecule has 0 amide bonds. The maximum Gasteiger partial charge on any atom is 0.333 e. The van der Waals surface area contributed by atoms with Gasteiger partial charge in [0.05, 0.1) is 13.2 Å². The van der Waals surface area contributed by atoms with Gasteiger partial charge in [0, 0.05) is 0 Å². The van der Waals surface area contributed by atoms with Gasteiger partial charge >= 0.3 is 5.69 Å². The minimum absolute atomic E-state index is 0.209. The molecule has 25 heavy (non-hydrogen) atoms. The van der Waals surface area contributed by atoms with Crippen molar-refractivity contribution in [2.24, 2.45) is 0 Å². The van der Waals surface area contributed by atoms with Gasteiger partial charge in [-0.25, -0.2) is 9.36 Å². The lowest BCUT2D eigenvalue weighted by Crippen LogP contribution is -2.36. The minimum atomic E-state index is -1.55. The van der Waals surface area contributed by atoms with E-state index < -0.39 is 42.4 Å². The molecule has 2 aromatic rings. The third-order valence-corrected chi connectivity index (χ3v) is 4.06. The number of aliphatic hydroxyl groups excluding tert-OH is 3. The number of nitrogens with zero attached hydrogens (tertiary/aromatic N) is 4. The fourth-order valence-electron chi connectivity index (χ4n) is 2.81. The predicted molar refractivity (Wildman–Crippen MR) is 84.7 cm³/mol. The average Bonchev–Trinajstić information content (AvgIpc) is 3.01. The van der Waals surface area contributed by atoms with Crippen molar-refractivity contribution in [2.45, 2.75) is 31.1 Å². The van der Waals surface area contributed by atoms with Crippen LogP contribution in [0.3, 0.4) is 0 Å². The van der Waals surface area contributed by atoms with Crippen molar-refractivity contribution in [1.29, 1.82) is 0 Å². The maximum absolute atomic E-state index is 12.7. The number of fused-ring (bicyclic) bond motifs is 1. The molecular weight excluding hydrogens is 336 g/mol. The van der Waals surface area contributed by atoms with Crippen LogP contribution >= 0.6 is 0 Å². The summed E-state index contributed by atoms with van der Waals surface area (Å²) >= 11 is 0. The second-order valence-electron chi connectivity index (χ2n) is 5.49. The largest absolute Gasteiger partial charge is 0.394 e. The van der Waals surface area contributed by atoms with Gasteiger partial charge in [0.2, 0.25) is 5.95 Å². The molecule has 0 aliphatic carbocycles. The summed E-state index contributed by atoms with van der Waals surface area (Å²) in [6.07, 6.45) is -0.283. The molecule has 12 nitrogen and oxygen atoms in total. The molecule has 12 heteroatoms. The smallest absolute Gasteiger partial charge is 0.333 e. The molecule has 134 valence electrons. The number of aliphatic hydroxyl groups is 3. The Labute approximate surface area is 139 Å². The van der Waals surface area contributed by atoms with Gasteiger partial charge in [0.25, 0.3) is 5.56 Å². The predicted octanol–water partition coefficient (Wildman–Crippen LogP) is -4.10. The molecule has 0 saturated carbocycles. The number of ether oxygens (including phenoxy) is 1. The van der Waals surface area contributed by atoms with Crippen molar-refractivity contribution in [3.05, 3.63) is 20.8 Å². The first kappa shape index (κ1) is 17.0. The zero-order valence-corrected chi connectivity index (χ0v) is 12.8. The van der Waals surface area contributed by atoms with Crippen LogP contribution in [-0.2, 0) is 11.3 Å². The van der Waals surface area contributed by atoms with E-state index in [-0.39, 0.29) is 23.7 Å². The zero-order chi connectivity index (χ0) is 18.5. The van der Waals surface area contributed by atoms with Gasteiger partial charge in [-0.15, -0.1) is 6.42 Å². The molecule has 1 fully saturated rings. The fraction of sp³-hybridized carbons (Fsp3) is 0.462. The number of rotatable bonds is 3. The van der Waals surface area contributed by atoms with Crippen LogP contribution in [0.5, 0.6) is 0 Å². The Balaban J connectivity index is 2.34. The Morgan fingerprint density at radius 1 is 1.32 bits per heavy atom. The Morgan fingerprint density at radius 2 is 2.00 bits per heavy atom. The van der Waals surface area contributed by atoms with Crippen LogP contribution in [0.4, 0.5) is 5.95 Å². The van der Waals surface area contributed by atoms with Gasteiger partial charge < -0.3 is 31.6 Å². The Morgan fingerprint density at radius 3 is 2.56 bits per heavy atom. The molecule has 7 N–H and O–H groups in total. The van der Waals surface area contributed by atoms with Crippen molar-refractivity contribution in [1.82, 2.24) is 18.8 Å². The molecule has 3 heterocycles. The van der Waals surface area contributed by atoms with Crippen molar-refractivity contribution >= 4 is 17.1 Å². The summed E-state index contributed by atoms with van der Waals surface area (Å²) in [5, 5.41) is 29.3. The summed E-state index contributed by atoms with van der Waals surface area (Å²) in [7, 11) is 0. The number of hydrogen-bond acceptors (Lipinski definition) is 9. The maximum atomic E-state index is 12.7. The van der Waals surface area contributed by atoms with E-state index in [1.165, 1.54) is 0 Å².